The van der Waals surface area contributed by atoms with Crippen LogP contribution in [0.4, 0.5) is 0 Å². The maximum atomic E-state index is 11.8. The second-order valence-corrected chi connectivity index (χ2v) is 7.08. The summed E-state index contributed by atoms with van der Waals surface area (Å²) < 4.78 is 0. The molecule has 0 radical (unpaired) electrons. The minimum atomic E-state index is 0.0702. The molecule has 1 aromatic carbocycles. The third kappa shape index (κ3) is 5.22. The molecular formula is C19H24N4OS. The number of nitrogens with one attached hydrogen (secondary N) is 1. The number of hydrogen-bond acceptors (Lipinski definition) is 5. The first-order chi connectivity index (χ1) is 12.2. The molecule has 1 aliphatic rings. The zero-order chi connectivity index (χ0) is 17.5. The van der Waals surface area contributed by atoms with Gasteiger partial charge >= 0.3 is 0 Å². The molecule has 1 amide bonds. The number of piperazine rings is 1. The Morgan fingerprint density at radius 3 is 2.64 bits per heavy atom. The molecule has 132 valence electrons. The first kappa shape index (κ1) is 17.8. The lowest BCUT2D eigenvalue weighted by molar-refractivity contribution is -0.122. The molecule has 0 bridgehead atoms. The van der Waals surface area contributed by atoms with Crippen molar-refractivity contribution in [3.8, 4) is 11.3 Å². The number of aromatic nitrogens is 1. The van der Waals surface area contributed by atoms with Gasteiger partial charge in [0.15, 0.2) is 0 Å². The van der Waals surface area contributed by atoms with Crippen LogP contribution in [0.2, 0.25) is 0 Å². The van der Waals surface area contributed by atoms with Crippen LogP contribution in [0.5, 0.6) is 0 Å². The quantitative estimate of drug-likeness (QED) is 0.773. The van der Waals surface area contributed by atoms with E-state index in [1.54, 1.807) is 17.4 Å². The number of amides is 1. The number of rotatable bonds is 7. The lowest BCUT2D eigenvalue weighted by Crippen LogP contribution is -2.49. The summed E-state index contributed by atoms with van der Waals surface area (Å²) in [6.45, 7) is 9.26. The monoisotopic (exact) mass is 356 g/mol. The summed E-state index contributed by atoms with van der Waals surface area (Å²) >= 11 is 1.72. The Kier molecular flexibility index (Phi) is 6.33. The molecule has 1 N–H and O–H groups in total. The number of nitrogens with zero attached hydrogens (tertiary/aromatic N) is 3. The van der Waals surface area contributed by atoms with Crippen molar-refractivity contribution in [2.45, 2.75) is 6.54 Å². The molecule has 1 saturated heterocycles. The second kappa shape index (κ2) is 8.89. The summed E-state index contributed by atoms with van der Waals surface area (Å²) in [7, 11) is 0. The number of carbonyl (C=O) groups is 1. The van der Waals surface area contributed by atoms with Gasteiger partial charge < -0.3 is 5.32 Å². The molecule has 5 nitrogen and oxygen atoms in total. The van der Waals surface area contributed by atoms with E-state index < -0.39 is 0 Å². The van der Waals surface area contributed by atoms with Gasteiger partial charge in [0.25, 0.3) is 0 Å². The van der Waals surface area contributed by atoms with Crippen molar-refractivity contribution in [3.05, 3.63) is 53.4 Å². The van der Waals surface area contributed by atoms with Crippen LogP contribution in [0.25, 0.3) is 11.3 Å². The van der Waals surface area contributed by atoms with Crippen molar-refractivity contribution in [3.63, 3.8) is 0 Å². The van der Waals surface area contributed by atoms with Crippen LogP contribution < -0.4 is 5.32 Å². The summed E-state index contributed by atoms with van der Waals surface area (Å²) in [6.07, 6.45) is 1.70. The van der Waals surface area contributed by atoms with Crippen LogP contribution in [0, 0.1) is 0 Å². The number of benzene rings is 1. The van der Waals surface area contributed by atoms with E-state index in [0.29, 0.717) is 13.1 Å². The highest BCUT2D eigenvalue weighted by Crippen LogP contribution is 2.22. The van der Waals surface area contributed by atoms with Gasteiger partial charge in [0.05, 0.1) is 18.8 Å². The van der Waals surface area contributed by atoms with Crippen LogP contribution >= 0.6 is 11.3 Å². The van der Waals surface area contributed by atoms with Gasteiger partial charge in [-0.15, -0.1) is 17.9 Å². The first-order valence-electron chi connectivity index (χ1n) is 8.57. The van der Waals surface area contributed by atoms with E-state index >= 15 is 0 Å². The van der Waals surface area contributed by atoms with E-state index in [1.165, 1.54) is 5.56 Å². The SMILES string of the molecule is C=CCNC(=O)CN1CCN(Cc2nc(-c3ccccc3)cs2)CC1. The van der Waals surface area contributed by atoms with Gasteiger partial charge in [0.1, 0.15) is 5.01 Å². The normalized spacial score (nSPS) is 15.8. The molecule has 0 aliphatic carbocycles. The molecule has 1 fully saturated rings. The highest BCUT2D eigenvalue weighted by molar-refractivity contribution is 7.09. The average Bonchev–Trinajstić information content (AvgIpc) is 3.11. The van der Waals surface area contributed by atoms with Crippen molar-refractivity contribution in [2.75, 3.05) is 39.3 Å². The predicted octanol–water partition coefficient (Wildman–Crippen LogP) is 2.23. The highest BCUT2D eigenvalue weighted by Gasteiger charge is 2.19. The Hall–Kier alpha value is -2.02. The zero-order valence-corrected chi connectivity index (χ0v) is 15.2. The van der Waals surface area contributed by atoms with E-state index in [9.17, 15) is 4.79 Å². The fraction of sp³-hybridized carbons (Fsp3) is 0.368. The first-order valence-corrected chi connectivity index (χ1v) is 9.44. The Morgan fingerprint density at radius 1 is 1.20 bits per heavy atom. The lowest BCUT2D eigenvalue weighted by atomic mass is 10.2. The standard InChI is InChI=1S/C19H24N4OS/c1-2-8-20-18(24)13-22-9-11-23(12-10-22)14-19-21-17(15-25-19)16-6-4-3-5-7-16/h2-7,15H,1,8-14H2,(H,20,24). The van der Waals surface area contributed by atoms with Crippen LogP contribution in [0.1, 0.15) is 5.01 Å². The summed E-state index contributed by atoms with van der Waals surface area (Å²) in [4.78, 5) is 21.1. The van der Waals surface area contributed by atoms with E-state index in [1.807, 2.05) is 18.2 Å². The number of thiazole rings is 1. The third-order valence-corrected chi connectivity index (χ3v) is 5.09. The van der Waals surface area contributed by atoms with Gasteiger partial charge in [-0.1, -0.05) is 36.4 Å². The summed E-state index contributed by atoms with van der Waals surface area (Å²) in [5.41, 5.74) is 2.22. The van der Waals surface area contributed by atoms with Gasteiger partial charge in [0.2, 0.25) is 5.91 Å². The predicted molar refractivity (Wildman–Crippen MR) is 102 cm³/mol. The van der Waals surface area contributed by atoms with Crippen LogP contribution in [-0.2, 0) is 11.3 Å². The molecular weight excluding hydrogens is 332 g/mol. The molecule has 0 atom stereocenters. The molecule has 0 unspecified atom stereocenters. The maximum absolute atomic E-state index is 11.8. The molecule has 2 aromatic rings. The van der Waals surface area contributed by atoms with Crippen molar-refractivity contribution in [1.82, 2.24) is 20.1 Å². The summed E-state index contributed by atoms with van der Waals surface area (Å²) in [5.74, 6) is 0.0702. The maximum Gasteiger partial charge on any atom is 0.234 e. The van der Waals surface area contributed by atoms with Crippen LogP contribution in [-0.4, -0.2) is 60.0 Å². The van der Waals surface area contributed by atoms with E-state index in [-0.39, 0.29) is 5.91 Å². The Morgan fingerprint density at radius 2 is 1.92 bits per heavy atom. The number of carbonyl (C=O) groups excluding carboxylic acids is 1. The fourth-order valence-electron chi connectivity index (χ4n) is 2.87. The van der Waals surface area contributed by atoms with Gasteiger partial charge in [-0.2, -0.15) is 0 Å². The molecule has 3 rings (SSSR count). The Balaban J connectivity index is 1.46. The minimum Gasteiger partial charge on any atom is -0.352 e. The zero-order valence-electron chi connectivity index (χ0n) is 14.4. The van der Waals surface area contributed by atoms with Gasteiger partial charge in [-0.25, -0.2) is 4.98 Å². The van der Waals surface area contributed by atoms with E-state index in [2.05, 4.69) is 39.2 Å². The average molecular weight is 356 g/mol. The van der Waals surface area contributed by atoms with Crippen molar-refractivity contribution in [1.29, 1.82) is 0 Å². The smallest absolute Gasteiger partial charge is 0.234 e. The fourth-order valence-corrected chi connectivity index (χ4v) is 3.71. The minimum absolute atomic E-state index is 0.0702. The van der Waals surface area contributed by atoms with E-state index in [4.69, 9.17) is 4.98 Å². The molecule has 25 heavy (non-hydrogen) atoms. The Labute approximate surface area is 153 Å². The molecule has 6 heteroatoms. The van der Waals surface area contributed by atoms with Gasteiger partial charge in [0, 0.05) is 43.7 Å². The third-order valence-electron chi connectivity index (χ3n) is 4.26. The topological polar surface area (TPSA) is 48.5 Å². The van der Waals surface area contributed by atoms with Crippen LogP contribution in [0.15, 0.2) is 48.4 Å². The molecule has 0 saturated carbocycles. The number of hydrogen-bond donors (Lipinski definition) is 1. The van der Waals surface area contributed by atoms with Crippen molar-refractivity contribution in [2.24, 2.45) is 0 Å². The highest BCUT2D eigenvalue weighted by atomic mass is 32.1. The largest absolute Gasteiger partial charge is 0.352 e. The van der Waals surface area contributed by atoms with Gasteiger partial charge in [-0.3, -0.25) is 14.6 Å². The molecule has 0 spiro atoms. The van der Waals surface area contributed by atoms with Crippen molar-refractivity contribution < 1.29 is 4.79 Å². The van der Waals surface area contributed by atoms with E-state index in [0.717, 1.165) is 43.4 Å². The molecule has 1 aliphatic heterocycles. The summed E-state index contributed by atoms with van der Waals surface area (Å²) in [6, 6.07) is 10.3. The molecule has 2 heterocycles. The Bertz CT molecular complexity index is 692. The van der Waals surface area contributed by atoms with Gasteiger partial charge in [-0.05, 0) is 0 Å². The van der Waals surface area contributed by atoms with Crippen LogP contribution in [0.3, 0.4) is 0 Å². The molecule has 1 aromatic heterocycles. The lowest BCUT2D eigenvalue weighted by Gasteiger charge is -2.33. The second-order valence-electron chi connectivity index (χ2n) is 6.14. The van der Waals surface area contributed by atoms with Crippen molar-refractivity contribution >= 4 is 17.2 Å². The summed E-state index contributed by atoms with van der Waals surface area (Å²) in [5, 5.41) is 6.11.